The van der Waals surface area contributed by atoms with Gasteiger partial charge in [-0.1, -0.05) is 6.07 Å². The zero-order valence-electron chi connectivity index (χ0n) is 18.7. The lowest BCUT2D eigenvalue weighted by atomic mass is 10.0. The van der Waals surface area contributed by atoms with Gasteiger partial charge in [0.1, 0.15) is 24.3 Å². The van der Waals surface area contributed by atoms with E-state index in [0.717, 1.165) is 12.0 Å². The van der Waals surface area contributed by atoms with Crippen molar-refractivity contribution in [1.29, 1.82) is 0 Å². The summed E-state index contributed by atoms with van der Waals surface area (Å²) in [5, 5.41) is 2.96. The van der Waals surface area contributed by atoms with Gasteiger partial charge in [0.05, 0.1) is 17.9 Å². The van der Waals surface area contributed by atoms with Crippen LogP contribution in [0.4, 0.5) is 15.9 Å². The Hall–Kier alpha value is -2.75. The van der Waals surface area contributed by atoms with Crippen LogP contribution >= 0.6 is 0 Å². The molecule has 2 N–H and O–H groups in total. The van der Waals surface area contributed by atoms with Gasteiger partial charge in [0.2, 0.25) is 0 Å². The Morgan fingerprint density at radius 3 is 2.75 bits per heavy atom. The van der Waals surface area contributed by atoms with Crippen LogP contribution < -0.4 is 16.4 Å². The largest absolute Gasteiger partial charge is 0.348 e. The summed E-state index contributed by atoms with van der Waals surface area (Å²) >= 11 is 0. The molecule has 1 unspecified atom stereocenters. The van der Waals surface area contributed by atoms with Crippen molar-refractivity contribution < 1.29 is 23.5 Å². The number of pyridine rings is 1. The van der Waals surface area contributed by atoms with Crippen LogP contribution in [0.25, 0.3) is 0 Å². The maximum atomic E-state index is 14.5. The molecule has 1 aliphatic heterocycles. The summed E-state index contributed by atoms with van der Waals surface area (Å²) < 4.78 is 27.0. The lowest BCUT2D eigenvalue weighted by molar-refractivity contribution is -0.147. The molecule has 0 saturated carbocycles. The van der Waals surface area contributed by atoms with Crippen LogP contribution in [0.1, 0.15) is 47.3 Å². The average molecular weight is 445 g/mol. The van der Waals surface area contributed by atoms with Crippen LogP contribution in [-0.4, -0.2) is 35.6 Å². The van der Waals surface area contributed by atoms with Crippen LogP contribution in [0, 0.1) is 12.7 Å². The summed E-state index contributed by atoms with van der Waals surface area (Å²) in [6.45, 7) is 5.87. The fourth-order valence-corrected chi connectivity index (χ4v) is 4.21. The van der Waals surface area contributed by atoms with Gasteiger partial charge >= 0.3 is 0 Å². The lowest BCUT2D eigenvalue weighted by Crippen LogP contribution is -2.34. The van der Waals surface area contributed by atoms with E-state index < -0.39 is 17.5 Å². The van der Waals surface area contributed by atoms with E-state index in [1.54, 1.807) is 26.1 Å². The maximum Gasteiger partial charge on any atom is 0.278 e. The third-order valence-electron chi connectivity index (χ3n) is 5.76. The monoisotopic (exact) mass is 445 g/mol. The zero-order valence-corrected chi connectivity index (χ0v) is 18.7. The molecule has 1 aromatic carbocycles. The molecule has 172 valence electrons. The van der Waals surface area contributed by atoms with Crippen LogP contribution in [0.15, 0.2) is 23.0 Å². The van der Waals surface area contributed by atoms with Crippen LogP contribution in [0.3, 0.4) is 0 Å². The fraction of sp³-hybridized carbons (Fsp3) is 0.478. The van der Waals surface area contributed by atoms with E-state index in [1.165, 1.54) is 10.6 Å². The number of halogens is 1. The van der Waals surface area contributed by atoms with Crippen molar-refractivity contribution in [3.8, 4) is 0 Å². The minimum Gasteiger partial charge on any atom is -0.348 e. The molecule has 1 atom stereocenters. The fourth-order valence-electron chi connectivity index (χ4n) is 4.21. The third kappa shape index (κ3) is 4.41. The van der Waals surface area contributed by atoms with Crippen molar-refractivity contribution in [2.24, 2.45) is 7.05 Å². The Kier molecular flexibility index (Phi) is 6.07. The van der Waals surface area contributed by atoms with E-state index in [-0.39, 0.29) is 35.3 Å². The number of hydrogen-bond acceptors (Lipinski definition) is 6. The molecule has 32 heavy (non-hydrogen) atoms. The molecule has 0 radical (unpaired) electrons. The van der Waals surface area contributed by atoms with Gasteiger partial charge in [-0.15, -0.1) is 0 Å². The normalized spacial score (nSPS) is 19.1. The quantitative estimate of drug-likeness (QED) is 0.665. The Balaban J connectivity index is 1.61. The summed E-state index contributed by atoms with van der Waals surface area (Å²) in [5.74, 6) is -1.44. The van der Waals surface area contributed by atoms with Gasteiger partial charge in [-0.25, -0.2) is 9.87 Å². The summed E-state index contributed by atoms with van der Waals surface area (Å²) in [6.07, 6.45) is 1.66. The van der Waals surface area contributed by atoms with E-state index in [0.29, 0.717) is 30.6 Å². The molecule has 0 spiro atoms. The molecule has 1 fully saturated rings. The van der Waals surface area contributed by atoms with Gasteiger partial charge in [-0.05, 0) is 63.3 Å². The van der Waals surface area contributed by atoms with Crippen molar-refractivity contribution in [2.45, 2.75) is 51.9 Å². The van der Waals surface area contributed by atoms with Crippen molar-refractivity contribution in [1.82, 2.24) is 10.0 Å². The van der Waals surface area contributed by atoms with E-state index in [2.05, 4.69) is 10.8 Å². The Labute approximate surface area is 185 Å². The number of aromatic nitrogens is 1. The van der Waals surface area contributed by atoms with Crippen LogP contribution in [-0.2, 0) is 34.2 Å². The first kappa shape index (κ1) is 22.4. The number of aryl methyl sites for hydroxylation is 1. The highest BCUT2D eigenvalue weighted by atomic mass is 19.1. The van der Waals surface area contributed by atoms with Crippen LogP contribution in [0.5, 0.6) is 0 Å². The second-order valence-electron chi connectivity index (χ2n) is 8.70. The molecule has 1 amide bonds. The highest BCUT2D eigenvalue weighted by Gasteiger charge is 2.33. The van der Waals surface area contributed by atoms with Crippen molar-refractivity contribution in [2.75, 3.05) is 18.5 Å². The number of anilines is 2. The molecule has 1 aromatic heterocycles. The smallest absolute Gasteiger partial charge is 0.278 e. The zero-order chi connectivity index (χ0) is 23.0. The molecular formula is C23H28FN3O5. The highest BCUT2D eigenvalue weighted by Crippen LogP contribution is 2.31. The molecule has 4 rings (SSSR count). The maximum absolute atomic E-state index is 14.5. The topological polar surface area (TPSA) is 90.8 Å². The van der Waals surface area contributed by atoms with Gasteiger partial charge in [0.25, 0.3) is 11.5 Å². The number of nitrogens with zero attached hydrogens (tertiary/aromatic N) is 1. The number of hydrogen-bond donors (Lipinski definition) is 2. The second kappa shape index (κ2) is 8.65. The first-order valence-electron chi connectivity index (χ1n) is 10.7. The van der Waals surface area contributed by atoms with Crippen molar-refractivity contribution >= 4 is 17.4 Å². The summed E-state index contributed by atoms with van der Waals surface area (Å²) in [7, 11) is 1.57. The molecular weight excluding hydrogens is 417 g/mol. The SMILES string of the molecule is Cc1ccc(Nc2c(C(=O)NOCC3COC(C)(C)O3)c3c(c(=O)n2C)CCC3)c(F)c1. The summed E-state index contributed by atoms with van der Waals surface area (Å²) in [6, 6.07) is 4.73. The number of amides is 1. The molecule has 1 saturated heterocycles. The van der Waals surface area contributed by atoms with E-state index in [4.69, 9.17) is 14.3 Å². The van der Waals surface area contributed by atoms with E-state index >= 15 is 0 Å². The highest BCUT2D eigenvalue weighted by molar-refractivity contribution is 6.01. The number of carbonyl (C=O) groups excluding carboxylic acids is 1. The number of ether oxygens (including phenoxy) is 2. The van der Waals surface area contributed by atoms with Gasteiger partial charge in [0.15, 0.2) is 5.79 Å². The second-order valence-corrected chi connectivity index (χ2v) is 8.70. The first-order valence-corrected chi connectivity index (χ1v) is 10.7. The molecule has 9 heteroatoms. The number of hydroxylamine groups is 1. The molecule has 8 nitrogen and oxygen atoms in total. The number of rotatable bonds is 6. The molecule has 2 heterocycles. The molecule has 2 aliphatic rings. The number of carbonyl (C=O) groups is 1. The number of nitrogens with one attached hydrogen (secondary N) is 2. The third-order valence-corrected chi connectivity index (χ3v) is 5.76. The van der Waals surface area contributed by atoms with Crippen molar-refractivity contribution in [3.63, 3.8) is 0 Å². The molecule has 1 aliphatic carbocycles. The Morgan fingerprint density at radius 2 is 2.06 bits per heavy atom. The van der Waals surface area contributed by atoms with Gasteiger partial charge in [0, 0.05) is 12.6 Å². The Bertz CT molecular complexity index is 1110. The minimum absolute atomic E-state index is 0.110. The number of benzene rings is 1. The van der Waals surface area contributed by atoms with Gasteiger partial charge < -0.3 is 14.8 Å². The predicted molar refractivity (Wildman–Crippen MR) is 116 cm³/mol. The summed E-state index contributed by atoms with van der Waals surface area (Å²) in [5.41, 5.74) is 4.78. The van der Waals surface area contributed by atoms with Gasteiger partial charge in [-0.2, -0.15) is 0 Å². The first-order chi connectivity index (χ1) is 15.2. The predicted octanol–water partition coefficient (Wildman–Crippen LogP) is 2.88. The standard InChI is InChI=1S/C23H28FN3O5/c1-13-8-9-18(17(24)10-13)25-20-19(15-6-5-7-16(15)22(29)27(20)4)21(28)26-31-12-14-11-30-23(2,3)32-14/h8-10,14,25H,5-7,11-12H2,1-4H3,(H,26,28). The Morgan fingerprint density at radius 1 is 1.31 bits per heavy atom. The average Bonchev–Trinajstić information content (AvgIpc) is 3.34. The molecule has 2 aromatic rings. The molecule has 0 bridgehead atoms. The summed E-state index contributed by atoms with van der Waals surface area (Å²) in [4.78, 5) is 31.4. The van der Waals surface area contributed by atoms with Crippen molar-refractivity contribution in [3.05, 3.63) is 56.6 Å². The lowest BCUT2D eigenvalue weighted by Gasteiger charge is -2.20. The van der Waals surface area contributed by atoms with Gasteiger partial charge in [-0.3, -0.25) is 19.0 Å². The van der Waals surface area contributed by atoms with E-state index in [9.17, 15) is 14.0 Å². The minimum atomic E-state index is -0.689. The number of fused-ring (bicyclic) bond motifs is 1. The van der Waals surface area contributed by atoms with E-state index in [1.807, 2.05) is 13.8 Å². The van der Waals surface area contributed by atoms with Crippen LogP contribution in [0.2, 0.25) is 0 Å².